The van der Waals surface area contributed by atoms with Gasteiger partial charge in [-0.3, -0.25) is 0 Å². The van der Waals surface area contributed by atoms with E-state index in [1.807, 2.05) is 10.6 Å². The Hall–Kier alpha value is -3.14. The smallest absolute Gasteiger partial charge is 0.410 e. The molecule has 1 aromatic carbocycles. The number of hydrogen-bond donors (Lipinski definition) is 3. The Kier molecular flexibility index (Phi) is 7.17. The monoisotopic (exact) mass is 479 g/mol. The SMILES string of the molecule is O=C(OC(CO)CO)N1CCN(c2ccnn3cc(-c4ccc([C@@H]5CCCNC5)cc4)cc23)CC1. The van der Waals surface area contributed by atoms with Crippen molar-refractivity contribution in [2.24, 2.45) is 0 Å². The number of piperazine rings is 1. The summed E-state index contributed by atoms with van der Waals surface area (Å²) in [5.74, 6) is 0.591. The van der Waals surface area contributed by atoms with E-state index in [0.29, 0.717) is 32.1 Å². The lowest BCUT2D eigenvalue weighted by Crippen LogP contribution is -2.50. The Labute approximate surface area is 204 Å². The molecule has 3 N–H and O–H groups in total. The van der Waals surface area contributed by atoms with Crippen LogP contribution in [0.5, 0.6) is 0 Å². The van der Waals surface area contributed by atoms with Crippen molar-refractivity contribution in [1.82, 2.24) is 19.8 Å². The highest BCUT2D eigenvalue weighted by atomic mass is 16.6. The lowest BCUT2D eigenvalue weighted by Gasteiger charge is -2.36. The molecular weight excluding hydrogens is 446 g/mol. The highest BCUT2D eigenvalue weighted by Gasteiger charge is 2.25. The summed E-state index contributed by atoms with van der Waals surface area (Å²) in [5, 5.41) is 26.3. The molecule has 0 bridgehead atoms. The molecule has 0 spiro atoms. The molecule has 9 heteroatoms. The Bertz CT molecular complexity index is 1130. The van der Waals surface area contributed by atoms with Gasteiger partial charge in [0.15, 0.2) is 0 Å². The minimum atomic E-state index is -0.882. The average molecular weight is 480 g/mol. The fraction of sp³-hybridized carbons (Fsp3) is 0.462. The standard InChI is InChI=1S/C26H33N5O4/c32-17-23(18-33)35-26(34)30-12-10-29(11-13-30)24-7-9-28-31-16-22(14-25(24)31)20-5-3-19(4-6-20)21-2-1-8-27-15-21/h3-7,9,14,16,21,23,27,32-33H,1-2,8,10-13,15,17-18H2/t21-/m1/s1. The molecule has 2 saturated heterocycles. The Morgan fingerprint density at radius 1 is 1.09 bits per heavy atom. The molecule has 186 valence electrons. The first-order chi connectivity index (χ1) is 17.2. The van der Waals surface area contributed by atoms with E-state index in [1.165, 1.54) is 24.0 Å². The second-order valence-corrected chi connectivity index (χ2v) is 9.29. The van der Waals surface area contributed by atoms with Crippen molar-refractivity contribution < 1.29 is 19.7 Å². The number of aliphatic hydroxyl groups is 2. The number of fused-ring (bicyclic) bond motifs is 1. The van der Waals surface area contributed by atoms with Gasteiger partial charge in [-0.15, -0.1) is 0 Å². The number of nitrogens with one attached hydrogen (secondary N) is 1. The number of benzene rings is 1. The predicted octanol–water partition coefficient (Wildman–Crippen LogP) is 2.08. The van der Waals surface area contributed by atoms with Crippen molar-refractivity contribution in [3.8, 4) is 11.1 Å². The number of aromatic nitrogens is 2. The number of carbonyl (C=O) groups excluding carboxylic acids is 1. The predicted molar refractivity (Wildman–Crippen MR) is 134 cm³/mol. The quantitative estimate of drug-likeness (QED) is 0.498. The third-order valence-electron chi connectivity index (χ3n) is 7.05. The molecule has 0 saturated carbocycles. The second kappa shape index (κ2) is 10.6. The molecule has 0 aliphatic carbocycles. The van der Waals surface area contributed by atoms with E-state index in [-0.39, 0.29) is 0 Å². The van der Waals surface area contributed by atoms with Gasteiger partial charge >= 0.3 is 6.09 Å². The zero-order chi connectivity index (χ0) is 24.2. The molecule has 3 aromatic rings. The van der Waals surface area contributed by atoms with Crippen LogP contribution in [0.1, 0.15) is 24.3 Å². The summed E-state index contributed by atoms with van der Waals surface area (Å²) in [6.45, 7) is 3.70. The maximum absolute atomic E-state index is 12.3. The first-order valence-electron chi connectivity index (χ1n) is 12.4. The Balaban J connectivity index is 1.28. The number of hydrogen-bond acceptors (Lipinski definition) is 7. The first kappa shape index (κ1) is 23.6. The van der Waals surface area contributed by atoms with Crippen LogP contribution in [0.3, 0.4) is 0 Å². The number of piperidine rings is 1. The van der Waals surface area contributed by atoms with Crippen molar-refractivity contribution in [3.05, 3.63) is 54.4 Å². The maximum Gasteiger partial charge on any atom is 0.410 e. The number of amides is 1. The molecule has 1 atom stereocenters. The molecule has 9 nitrogen and oxygen atoms in total. The van der Waals surface area contributed by atoms with E-state index >= 15 is 0 Å². The summed E-state index contributed by atoms with van der Waals surface area (Å²) in [6.07, 6.45) is 4.95. The van der Waals surface area contributed by atoms with Crippen LogP contribution in [-0.2, 0) is 4.74 Å². The van der Waals surface area contributed by atoms with Crippen LogP contribution in [-0.4, -0.2) is 89.4 Å². The minimum Gasteiger partial charge on any atom is -0.441 e. The van der Waals surface area contributed by atoms with E-state index in [0.717, 1.165) is 29.9 Å². The van der Waals surface area contributed by atoms with E-state index in [4.69, 9.17) is 14.9 Å². The fourth-order valence-electron chi connectivity index (χ4n) is 4.99. The average Bonchev–Trinajstić information content (AvgIpc) is 3.37. The Morgan fingerprint density at radius 2 is 1.86 bits per heavy atom. The van der Waals surface area contributed by atoms with Crippen molar-refractivity contribution in [2.45, 2.75) is 24.9 Å². The largest absolute Gasteiger partial charge is 0.441 e. The summed E-state index contributed by atoms with van der Waals surface area (Å²) in [4.78, 5) is 16.2. The van der Waals surface area contributed by atoms with Gasteiger partial charge in [0, 0.05) is 50.7 Å². The first-order valence-corrected chi connectivity index (χ1v) is 12.4. The van der Waals surface area contributed by atoms with Gasteiger partial charge in [0.2, 0.25) is 0 Å². The van der Waals surface area contributed by atoms with Crippen molar-refractivity contribution in [2.75, 3.05) is 57.4 Å². The van der Waals surface area contributed by atoms with Gasteiger partial charge < -0.3 is 30.1 Å². The van der Waals surface area contributed by atoms with Crippen molar-refractivity contribution in [1.29, 1.82) is 0 Å². The molecule has 35 heavy (non-hydrogen) atoms. The molecule has 2 aliphatic heterocycles. The van der Waals surface area contributed by atoms with Crippen LogP contribution in [0.2, 0.25) is 0 Å². The summed E-state index contributed by atoms with van der Waals surface area (Å²) in [5.41, 5.74) is 5.79. The van der Waals surface area contributed by atoms with E-state index in [2.05, 4.69) is 51.8 Å². The summed E-state index contributed by atoms with van der Waals surface area (Å²) in [7, 11) is 0. The van der Waals surface area contributed by atoms with Crippen LogP contribution in [0.15, 0.2) is 48.8 Å². The van der Waals surface area contributed by atoms with Crippen LogP contribution in [0.4, 0.5) is 10.5 Å². The third-order valence-corrected chi connectivity index (χ3v) is 7.05. The molecule has 2 aliphatic rings. The molecule has 2 aromatic heterocycles. The number of aliphatic hydroxyl groups excluding tert-OH is 2. The number of anilines is 1. The molecule has 1 amide bonds. The summed E-state index contributed by atoms with van der Waals surface area (Å²) < 4.78 is 7.06. The zero-order valence-electron chi connectivity index (χ0n) is 19.8. The van der Waals surface area contributed by atoms with Gasteiger partial charge in [-0.2, -0.15) is 5.10 Å². The third kappa shape index (κ3) is 5.12. The van der Waals surface area contributed by atoms with Gasteiger partial charge in [0.05, 0.1) is 24.4 Å². The lowest BCUT2D eigenvalue weighted by molar-refractivity contribution is 0.00416. The van der Waals surface area contributed by atoms with Gasteiger partial charge in [-0.05, 0) is 48.6 Å². The maximum atomic E-state index is 12.3. The fourth-order valence-corrected chi connectivity index (χ4v) is 4.99. The molecule has 2 fully saturated rings. The molecule has 4 heterocycles. The van der Waals surface area contributed by atoms with E-state index in [9.17, 15) is 4.79 Å². The van der Waals surface area contributed by atoms with Crippen molar-refractivity contribution >= 4 is 17.3 Å². The van der Waals surface area contributed by atoms with E-state index < -0.39 is 25.4 Å². The number of carbonyl (C=O) groups is 1. The van der Waals surface area contributed by atoms with Crippen LogP contribution in [0, 0.1) is 0 Å². The summed E-state index contributed by atoms with van der Waals surface area (Å²) in [6, 6.07) is 13.1. The minimum absolute atomic E-state index is 0.395. The van der Waals surface area contributed by atoms with Gasteiger partial charge in [-0.1, -0.05) is 24.3 Å². The van der Waals surface area contributed by atoms with Gasteiger partial charge in [0.25, 0.3) is 0 Å². The topological polar surface area (TPSA) is 103 Å². The molecule has 0 radical (unpaired) electrons. The zero-order valence-corrected chi connectivity index (χ0v) is 19.8. The van der Waals surface area contributed by atoms with Crippen LogP contribution < -0.4 is 10.2 Å². The molecule has 0 unspecified atom stereocenters. The highest BCUT2D eigenvalue weighted by Crippen LogP contribution is 2.30. The number of nitrogens with zero attached hydrogens (tertiary/aromatic N) is 4. The molecular formula is C26H33N5O4. The number of ether oxygens (including phenoxy) is 1. The van der Waals surface area contributed by atoms with E-state index in [1.54, 1.807) is 11.1 Å². The highest BCUT2D eigenvalue weighted by molar-refractivity contribution is 5.80. The number of rotatable bonds is 6. The summed E-state index contributed by atoms with van der Waals surface area (Å²) >= 11 is 0. The lowest BCUT2D eigenvalue weighted by atomic mass is 9.91. The van der Waals surface area contributed by atoms with Crippen LogP contribution in [0.25, 0.3) is 16.6 Å². The molecule has 5 rings (SSSR count). The van der Waals surface area contributed by atoms with Gasteiger partial charge in [0.1, 0.15) is 6.10 Å². The van der Waals surface area contributed by atoms with Crippen LogP contribution >= 0.6 is 0 Å². The normalized spacial score (nSPS) is 18.9. The van der Waals surface area contributed by atoms with Crippen molar-refractivity contribution in [3.63, 3.8) is 0 Å². The van der Waals surface area contributed by atoms with Gasteiger partial charge in [-0.25, -0.2) is 9.31 Å². The Morgan fingerprint density at radius 3 is 2.54 bits per heavy atom. The second-order valence-electron chi connectivity index (χ2n) is 9.29.